The summed E-state index contributed by atoms with van der Waals surface area (Å²) in [4.78, 5) is 57.6. The van der Waals surface area contributed by atoms with Crippen LogP contribution in [0.25, 0.3) is 60.6 Å². The zero-order valence-corrected chi connectivity index (χ0v) is 66.0. The number of carbonyl (C=O) groups is 5. The van der Waals surface area contributed by atoms with Gasteiger partial charge in [-0.25, -0.2) is 0 Å². The molecule has 0 saturated heterocycles. The Bertz CT molecular complexity index is 4540. The van der Waals surface area contributed by atoms with Crippen LogP contribution in [0.1, 0.15) is 233 Å². The number of nitrogens with zero attached hydrogens (tertiary/aromatic N) is 9. The molecule has 0 spiro atoms. The normalized spacial score (nSPS) is 21.4. The van der Waals surface area contributed by atoms with E-state index in [-0.39, 0.29) is 81.9 Å². The van der Waals surface area contributed by atoms with Gasteiger partial charge in [0.05, 0.1) is 145 Å². The van der Waals surface area contributed by atoms with Crippen LogP contribution in [-0.2, 0) is 55.8 Å². The van der Waals surface area contributed by atoms with Gasteiger partial charge in [-0.05, 0) is 258 Å². The molecule has 0 aliphatic heterocycles. The second-order valence-electron chi connectivity index (χ2n) is 28.6. The molecule has 5 fully saturated rings. The monoisotopic (exact) mass is 1640 g/mol. The summed E-state index contributed by atoms with van der Waals surface area (Å²) in [5.41, 5.74) is 9.55. The molecule has 5 saturated carbocycles. The molecule has 10 aromatic rings. The Hall–Kier alpha value is -8.54. The first-order valence-electron chi connectivity index (χ1n) is 38.7. The number of hydrogen-bond acceptors (Lipinski definition) is 15. The van der Waals surface area contributed by atoms with Gasteiger partial charge in [-0.2, -0.15) is 25.5 Å². The average Bonchev–Trinajstić information content (AvgIpc) is 1.66. The van der Waals surface area contributed by atoms with E-state index in [0.29, 0.717) is 50.6 Å². The van der Waals surface area contributed by atoms with Crippen LogP contribution in [0.15, 0.2) is 138 Å². The van der Waals surface area contributed by atoms with Crippen molar-refractivity contribution in [1.82, 2.24) is 49.3 Å². The quantitative estimate of drug-likeness (QED) is 0.0600. The Kier molecular flexibility index (Phi) is 35.4. The first-order chi connectivity index (χ1) is 51.9. The van der Waals surface area contributed by atoms with E-state index in [9.17, 15) is 29.1 Å². The lowest BCUT2D eigenvalue weighted by Crippen LogP contribution is -2.25. The molecule has 0 atom stereocenters. The smallest absolute Gasteiger partial charge is 0.308 e. The lowest BCUT2D eigenvalue weighted by molar-refractivity contribution is -0.150. The maximum absolute atomic E-state index is 11.8. The predicted octanol–water partition coefficient (Wildman–Crippen LogP) is 20.7. The maximum atomic E-state index is 11.8. The number of fused-ring (bicyclic) bond motifs is 5. The molecular formula is C87H118Br2N10O11. The summed E-state index contributed by atoms with van der Waals surface area (Å²) in [5, 5.41) is 49.1. The molecule has 5 aliphatic rings. The van der Waals surface area contributed by atoms with E-state index < -0.39 is 5.97 Å². The predicted molar refractivity (Wildman–Crippen MR) is 446 cm³/mol. The van der Waals surface area contributed by atoms with Crippen molar-refractivity contribution in [3.8, 4) is 0 Å². The van der Waals surface area contributed by atoms with Crippen LogP contribution in [0.2, 0.25) is 0 Å². The van der Waals surface area contributed by atoms with Crippen molar-refractivity contribution in [2.45, 2.75) is 235 Å². The second-order valence-corrected chi connectivity index (χ2v) is 30.4. The van der Waals surface area contributed by atoms with Gasteiger partial charge in [-0.1, -0.05) is 98.8 Å². The van der Waals surface area contributed by atoms with Crippen LogP contribution in [0.3, 0.4) is 0 Å². The van der Waals surface area contributed by atoms with Gasteiger partial charge < -0.3 is 29.2 Å². The molecule has 3 N–H and O–H groups in total. The van der Waals surface area contributed by atoms with Crippen LogP contribution in [0.4, 0.5) is 0 Å². The molecule has 5 aliphatic carbocycles. The molecule has 0 radical (unpaired) electrons. The number of esters is 4. The van der Waals surface area contributed by atoms with Crippen molar-refractivity contribution >= 4 is 122 Å². The molecule has 21 nitrogen and oxygen atoms in total. The van der Waals surface area contributed by atoms with E-state index in [1.54, 1.807) is 6.20 Å². The summed E-state index contributed by atoms with van der Waals surface area (Å²) >= 11 is 6.86. The largest absolute Gasteiger partial charge is 0.481 e. The first-order valence-corrected chi connectivity index (χ1v) is 40.3. The number of carboxylic acids is 1. The van der Waals surface area contributed by atoms with Gasteiger partial charge in [0.15, 0.2) is 0 Å². The third kappa shape index (κ3) is 23.5. The highest BCUT2D eigenvalue weighted by molar-refractivity contribution is 9.10. The molecule has 0 amide bonds. The van der Waals surface area contributed by atoms with Gasteiger partial charge >= 0.3 is 29.8 Å². The lowest BCUT2D eigenvalue weighted by Gasteiger charge is -2.27. The number of rotatable bonds is 16. The Balaban J connectivity index is 0.000000186. The molecule has 596 valence electrons. The molecule has 5 aromatic carbocycles. The number of carboxylic acid groups (broad SMARTS) is 1. The number of benzene rings is 5. The number of aryl methyl sites for hydroxylation is 2. The Morgan fingerprint density at radius 2 is 0.727 bits per heavy atom. The summed E-state index contributed by atoms with van der Waals surface area (Å²) in [6, 6.07) is 33.1. The standard InChI is InChI=1S/C18H24N2O2.C18H22N2O2.C16H19BrN2O2.C16H20N2O2.C9H16O3.C7H5BrN2.3CH4/c2*1-3-13-5-10-17-15(11-13)12-19-20(17)16-8-6-14(7-9-16)18(21)22-4-2;1-2-21-16(20)11-3-6-14(7-4-11)19-15-8-5-13(17)9-12(15)10-18-19;1-2-11-3-8-15-13(9-11)10-17-18(15)14-6-4-12(5-7-14)16(19)20;1-2-12-9(11)7-3-5-8(10)6-4-7;8-6-1-2-7-5(3-6)4-9-10-7;;;/h5,10-12,14,16H,3-4,6-9H2,1-2H3;3,5,10-12,14,16H,1,4,6-9H2,2H3;5,8-11,14H,2-4,6-7H2,1H3;3,8-10,12,14H,2,4-7H2,1H3,(H,19,20);7-8,10H,2-6H2,1H3;1-4H,(H,9,10);3*1H4. The number of H-pyrrole nitrogens is 1. The fraction of sp³-hybridized carbons (Fsp3) is 0.517. The van der Waals surface area contributed by atoms with E-state index in [1.165, 1.54) is 32.9 Å². The number of carbonyl (C=O) groups excluding carboxylic acids is 4. The number of halogens is 2. The van der Waals surface area contributed by atoms with Crippen LogP contribution >= 0.6 is 31.9 Å². The molecule has 15 rings (SSSR count). The zero-order valence-electron chi connectivity index (χ0n) is 62.8. The van der Waals surface area contributed by atoms with E-state index in [1.807, 2.05) is 82.8 Å². The maximum Gasteiger partial charge on any atom is 0.308 e. The number of hydrogen-bond donors (Lipinski definition) is 3. The van der Waals surface area contributed by atoms with Crippen LogP contribution in [0.5, 0.6) is 0 Å². The van der Waals surface area contributed by atoms with Gasteiger partial charge in [0.25, 0.3) is 0 Å². The number of aliphatic hydroxyl groups excluding tert-OH is 1. The molecule has 0 bridgehead atoms. The fourth-order valence-electron chi connectivity index (χ4n) is 15.5. The zero-order chi connectivity index (χ0) is 75.9. The summed E-state index contributed by atoms with van der Waals surface area (Å²) < 4.78 is 30.9. The van der Waals surface area contributed by atoms with Crippen LogP contribution < -0.4 is 0 Å². The fourth-order valence-corrected chi connectivity index (χ4v) is 16.3. The molecule has 0 unspecified atom stereocenters. The van der Waals surface area contributed by atoms with Gasteiger partial charge in [0.1, 0.15) is 0 Å². The van der Waals surface area contributed by atoms with Gasteiger partial charge in [-0.3, -0.25) is 47.8 Å². The summed E-state index contributed by atoms with van der Waals surface area (Å²) in [5.74, 6) is -0.780. The summed E-state index contributed by atoms with van der Waals surface area (Å²) in [6.45, 7) is 17.4. The molecule has 110 heavy (non-hydrogen) atoms. The number of aliphatic hydroxyl groups is 1. The minimum atomic E-state index is -0.652. The Morgan fingerprint density at radius 1 is 0.418 bits per heavy atom. The molecule has 5 heterocycles. The Morgan fingerprint density at radius 3 is 1.07 bits per heavy atom. The highest BCUT2D eigenvalue weighted by atomic mass is 79.9. The number of aromatic amines is 1. The van der Waals surface area contributed by atoms with E-state index in [2.05, 4.69) is 168 Å². The van der Waals surface area contributed by atoms with Crippen molar-refractivity contribution in [3.05, 3.63) is 154 Å². The topological polar surface area (TPSA) is 263 Å². The van der Waals surface area contributed by atoms with E-state index in [0.717, 1.165) is 188 Å². The minimum Gasteiger partial charge on any atom is -0.481 e. The molecule has 23 heteroatoms. The Labute approximate surface area is 666 Å². The first kappa shape index (κ1) is 88.7. The highest BCUT2D eigenvalue weighted by Crippen LogP contribution is 2.39. The van der Waals surface area contributed by atoms with Crippen LogP contribution in [-0.4, -0.2) is 122 Å². The van der Waals surface area contributed by atoms with Gasteiger partial charge in [0.2, 0.25) is 0 Å². The van der Waals surface area contributed by atoms with E-state index >= 15 is 0 Å². The number of aromatic nitrogens is 10. The van der Waals surface area contributed by atoms with Gasteiger partial charge in [0, 0.05) is 35.9 Å². The van der Waals surface area contributed by atoms with Crippen molar-refractivity contribution in [3.63, 3.8) is 0 Å². The van der Waals surface area contributed by atoms with Crippen molar-refractivity contribution < 1.29 is 53.1 Å². The van der Waals surface area contributed by atoms with Crippen molar-refractivity contribution in [2.24, 2.45) is 29.6 Å². The SMILES string of the molecule is Brc1ccc2[nH]ncc2c1.C.C.C.C=Cc1ccc2c(cnn2C2CCC(C(=O)OCC)CC2)c1.CCOC(=O)C1CCC(O)CC1.CCOC(=O)C1CCC(n2ncc3cc(Br)ccc32)CC1.CCOC(=O)C1CCC(n2ncc3cc(CC)ccc32)CC1.CCc1ccc2c(cnn2C2CCC(C(=O)O)CC2)c1. The average molecular weight is 1640 g/mol. The van der Waals surface area contributed by atoms with Crippen molar-refractivity contribution in [2.75, 3.05) is 26.4 Å². The summed E-state index contributed by atoms with van der Waals surface area (Å²) in [6.07, 6.45) is 30.9. The lowest BCUT2D eigenvalue weighted by atomic mass is 9.86. The van der Waals surface area contributed by atoms with Crippen molar-refractivity contribution in [1.29, 1.82) is 0 Å². The van der Waals surface area contributed by atoms with E-state index in [4.69, 9.17) is 24.1 Å². The highest BCUT2D eigenvalue weighted by Gasteiger charge is 2.33. The molecule has 5 aromatic heterocycles. The second kappa shape index (κ2) is 43.9. The van der Waals surface area contributed by atoms with Gasteiger partial charge in [-0.15, -0.1) is 0 Å². The number of aliphatic carboxylic acids is 1. The molecular weight excluding hydrogens is 1520 g/mol. The third-order valence-electron chi connectivity index (χ3n) is 21.6. The van der Waals surface area contributed by atoms with Crippen LogP contribution in [0, 0.1) is 29.6 Å². The minimum absolute atomic E-state index is 0. The summed E-state index contributed by atoms with van der Waals surface area (Å²) in [7, 11) is 0. The number of ether oxygens (including phenoxy) is 4. The third-order valence-corrected chi connectivity index (χ3v) is 22.6. The number of nitrogens with one attached hydrogen (secondary N) is 1.